The third kappa shape index (κ3) is 6.41. The minimum atomic E-state index is -0.163. The Balaban J connectivity index is 1.69. The van der Waals surface area contributed by atoms with E-state index >= 15 is 0 Å². The molecule has 0 aliphatic rings. The van der Waals surface area contributed by atoms with Crippen molar-refractivity contribution in [2.75, 3.05) is 19.6 Å². The van der Waals surface area contributed by atoms with E-state index in [1.165, 1.54) is 38.5 Å². The van der Waals surface area contributed by atoms with Crippen LogP contribution in [0.1, 0.15) is 75.5 Å². The van der Waals surface area contributed by atoms with Gasteiger partial charge >= 0.3 is 0 Å². The average molecular weight is 454 g/mol. The highest BCUT2D eigenvalue weighted by atomic mass is 16.2. The molecule has 1 unspecified atom stereocenters. The molecule has 0 spiro atoms. The lowest BCUT2D eigenvalue weighted by molar-refractivity contribution is 0.0923. The first kappa shape index (κ1) is 24.9. The fourth-order valence-electron chi connectivity index (χ4n) is 4.16. The summed E-state index contributed by atoms with van der Waals surface area (Å²) in [6.45, 7) is 11.6. The molecule has 0 aliphatic heterocycles. The van der Waals surface area contributed by atoms with Gasteiger partial charge < -0.3 is 10.2 Å². The number of carbonyl (C=O) groups excluding carboxylic acids is 1. The van der Waals surface area contributed by atoms with Gasteiger partial charge in [0.25, 0.3) is 5.91 Å². The second-order valence-electron chi connectivity index (χ2n) is 8.99. The molecule has 33 heavy (non-hydrogen) atoms. The van der Waals surface area contributed by atoms with E-state index in [0.29, 0.717) is 11.3 Å². The molecule has 1 N–H and O–H groups in total. The Labute approximate surface area is 197 Å². The monoisotopic (exact) mass is 453 g/mol. The molecule has 0 fully saturated rings. The molecule has 8 heteroatoms. The summed E-state index contributed by atoms with van der Waals surface area (Å²) >= 11 is 0. The number of rotatable bonds is 13. The van der Waals surface area contributed by atoms with E-state index in [2.05, 4.69) is 46.2 Å². The van der Waals surface area contributed by atoms with Crippen molar-refractivity contribution in [1.82, 2.24) is 34.6 Å². The van der Waals surface area contributed by atoms with Gasteiger partial charge in [-0.05, 0) is 45.8 Å². The predicted octanol–water partition coefficient (Wildman–Crippen LogP) is 4.24. The molecular weight excluding hydrogens is 414 g/mol. The van der Waals surface area contributed by atoms with Crippen LogP contribution in [0.4, 0.5) is 0 Å². The molecule has 3 aromatic heterocycles. The number of nitrogens with zero attached hydrogens (tertiary/aromatic N) is 6. The molecule has 8 nitrogen and oxygen atoms in total. The number of nitrogens with one attached hydrogen (secondary N) is 1. The Morgan fingerprint density at radius 3 is 2.45 bits per heavy atom. The number of hydrogen-bond acceptors (Lipinski definition) is 5. The van der Waals surface area contributed by atoms with Crippen LogP contribution in [-0.2, 0) is 7.05 Å². The number of hydrogen-bond donors (Lipinski definition) is 1. The molecule has 3 heterocycles. The van der Waals surface area contributed by atoms with Crippen molar-refractivity contribution in [3.05, 3.63) is 35.9 Å². The van der Waals surface area contributed by atoms with Crippen molar-refractivity contribution in [3.63, 3.8) is 0 Å². The van der Waals surface area contributed by atoms with E-state index in [9.17, 15) is 4.79 Å². The van der Waals surface area contributed by atoms with E-state index in [0.717, 1.165) is 36.6 Å². The number of fused-ring (bicyclic) bond motifs is 1. The number of carbonyl (C=O) groups is 1. The Kier molecular flexibility index (Phi) is 9.00. The van der Waals surface area contributed by atoms with E-state index in [1.807, 2.05) is 30.9 Å². The van der Waals surface area contributed by atoms with Gasteiger partial charge in [0.15, 0.2) is 11.3 Å². The summed E-state index contributed by atoms with van der Waals surface area (Å²) in [7, 11) is 1.91. The van der Waals surface area contributed by atoms with Gasteiger partial charge in [0.1, 0.15) is 0 Å². The first-order valence-corrected chi connectivity index (χ1v) is 12.3. The third-order valence-electron chi connectivity index (χ3n) is 6.17. The number of aromatic nitrogens is 5. The quantitative estimate of drug-likeness (QED) is 0.392. The Morgan fingerprint density at radius 2 is 1.85 bits per heavy atom. The third-order valence-corrected chi connectivity index (χ3v) is 6.17. The molecular formula is C25H39N7O. The highest BCUT2D eigenvalue weighted by Gasteiger charge is 2.18. The van der Waals surface area contributed by atoms with Crippen LogP contribution >= 0.6 is 0 Å². The molecule has 0 aliphatic carbocycles. The molecule has 0 saturated carbocycles. The summed E-state index contributed by atoms with van der Waals surface area (Å²) in [4.78, 5) is 19.9. The molecule has 3 aromatic rings. The first-order valence-electron chi connectivity index (χ1n) is 12.3. The number of aryl methyl sites for hydroxylation is 1. The van der Waals surface area contributed by atoms with Gasteiger partial charge in [0, 0.05) is 43.2 Å². The van der Waals surface area contributed by atoms with E-state index in [-0.39, 0.29) is 11.9 Å². The topological polar surface area (TPSA) is 80.4 Å². The lowest BCUT2D eigenvalue weighted by Gasteiger charge is -2.26. The van der Waals surface area contributed by atoms with Gasteiger partial charge in [-0.25, -0.2) is 9.50 Å². The Bertz CT molecular complexity index is 1030. The summed E-state index contributed by atoms with van der Waals surface area (Å²) < 4.78 is 3.55. The highest BCUT2D eigenvalue weighted by Crippen LogP contribution is 2.23. The lowest BCUT2D eigenvalue weighted by Crippen LogP contribution is -2.42. The molecule has 0 saturated heterocycles. The van der Waals surface area contributed by atoms with Crippen LogP contribution < -0.4 is 5.32 Å². The van der Waals surface area contributed by atoms with Crippen molar-refractivity contribution in [3.8, 4) is 11.3 Å². The zero-order valence-electron chi connectivity index (χ0n) is 20.8. The van der Waals surface area contributed by atoms with Gasteiger partial charge in [-0.15, -0.1) is 0 Å². The minimum Gasteiger partial charge on any atom is -0.347 e. The zero-order valence-corrected chi connectivity index (χ0v) is 20.8. The average Bonchev–Trinajstić information content (AvgIpc) is 3.37. The summed E-state index contributed by atoms with van der Waals surface area (Å²) in [5.74, 6) is -0.163. The van der Waals surface area contributed by atoms with Gasteiger partial charge in [0.2, 0.25) is 0 Å². The fourth-order valence-corrected chi connectivity index (χ4v) is 4.16. The van der Waals surface area contributed by atoms with Crippen molar-refractivity contribution >= 4 is 11.6 Å². The van der Waals surface area contributed by atoms with Gasteiger partial charge in [-0.3, -0.25) is 9.48 Å². The zero-order chi connectivity index (χ0) is 23.8. The maximum atomic E-state index is 13.0. The molecule has 0 aromatic carbocycles. The molecule has 3 rings (SSSR count). The smallest absolute Gasteiger partial charge is 0.272 e. The molecule has 180 valence electrons. The van der Waals surface area contributed by atoms with Crippen LogP contribution in [0.2, 0.25) is 0 Å². The lowest BCUT2D eigenvalue weighted by atomic mass is 10.2. The van der Waals surface area contributed by atoms with Crippen molar-refractivity contribution in [2.24, 2.45) is 7.05 Å². The van der Waals surface area contributed by atoms with Crippen LogP contribution in [0.5, 0.6) is 0 Å². The molecule has 1 atom stereocenters. The van der Waals surface area contributed by atoms with Crippen LogP contribution in [0.15, 0.2) is 24.5 Å². The molecule has 1 amide bonds. The second-order valence-corrected chi connectivity index (χ2v) is 8.99. The largest absolute Gasteiger partial charge is 0.347 e. The summed E-state index contributed by atoms with van der Waals surface area (Å²) in [5, 5.41) is 12.1. The Morgan fingerprint density at radius 1 is 1.15 bits per heavy atom. The normalized spacial score (nSPS) is 12.5. The van der Waals surface area contributed by atoms with Crippen LogP contribution in [-0.4, -0.2) is 60.9 Å². The van der Waals surface area contributed by atoms with Gasteiger partial charge in [-0.2, -0.15) is 10.2 Å². The fraction of sp³-hybridized carbons (Fsp3) is 0.600. The van der Waals surface area contributed by atoms with Crippen molar-refractivity contribution in [2.45, 2.75) is 72.3 Å². The maximum Gasteiger partial charge on any atom is 0.272 e. The summed E-state index contributed by atoms with van der Waals surface area (Å²) in [5.41, 5.74) is 3.91. The van der Waals surface area contributed by atoms with E-state index in [4.69, 9.17) is 0 Å². The molecule has 0 radical (unpaired) electrons. The summed E-state index contributed by atoms with van der Waals surface area (Å²) in [6.07, 6.45) is 10.9. The first-order chi connectivity index (χ1) is 15.9. The van der Waals surface area contributed by atoms with Crippen LogP contribution in [0.3, 0.4) is 0 Å². The standard InChI is InChI=1S/C25H39N7O/c1-6-8-10-14-31(15-11-9-7-2)18-19(3)28-25(33)22-16-24-26-13-12-23(32(24)29-22)21-17-27-30(5)20(21)4/h12-13,16-17,19H,6-11,14-15,18H2,1-5H3,(H,28,33). The number of amides is 1. The predicted molar refractivity (Wildman–Crippen MR) is 132 cm³/mol. The van der Waals surface area contributed by atoms with E-state index in [1.54, 1.807) is 16.8 Å². The van der Waals surface area contributed by atoms with Crippen LogP contribution in [0.25, 0.3) is 16.9 Å². The van der Waals surface area contributed by atoms with Crippen molar-refractivity contribution < 1.29 is 4.79 Å². The van der Waals surface area contributed by atoms with Gasteiger partial charge in [-0.1, -0.05) is 39.5 Å². The van der Waals surface area contributed by atoms with Crippen molar-refractivity contribution in [1.29, 1.82) is 0 Å². The summed E-state index contributed by atoms with van der Waals surface area (Å²) in [6, 6.07) is 3.69. The minimum absolute atomic E-state index is 0.0403. The van der Waals surface area contributed by atoms with E-state index < -0.39 is 0 Å². The Hall–Kier alpha value is -2.74. The second kappa shape index (κ2) is 11.9. The maximum absolute atomic E-state index is 13.0. The SMILES string of the molecule is CCCCCN(CCCCC)CC(C)NC(=O)c1cc2nccc(-c3cnn(C)c3C)n2n1. The van der Waals surface area contributed by atoms with Gasteiger partial charge in [0.05, 0.1) is 11.9 Å². The highest BCUT2D eigenvalue weighted by molar-refractivity contribution is 5.93. The molecule has 0 bridgehead atoms. The van der Waals surface area contributed by atoms with Crippen LogP contribution in [0, 0.1) is 6.92 Å². The number of unbranched alkanes of at least 4 members (excludes halogenated alkanes) is 4.